The van der Waals surface area contributed by atoms with E-state index in [0.717, 1.165) is 28.3 Å². The van der Waals surface area contributed by atoms with Gasteiger partial charge in [0.15, 0.2) is 6.54 Å². The fraction of sp³-hybridized carbons (Fsp3) is 0.429. The molecule has 6 heteroatoms. The van der Waals surface area contributed by atoms with Gasteiger partial charge in [0.05, 0.1) is 7.05 Å². The number of amides is 1. The number of aryl methyl sites for hydroxylation is 1. The summed E-state index contributed by atoms with van der Waals surface area (Å²) in [7, 11) is 1.85. The Balaban J connectivity index is 2.04. The maximum Gasteiger partial charge on any atom is 0.275 e. The molecule has 1 aromatic heterocycles. The number of rotatable bonds is 9. The lowest BCUT2D eigenvalue weighted by Crippen LogP contribution is -3.11. The first kappa shape index (κ1) is 20.8. The molecule has 0 spiro atoms. The monoisotopic (exact) mass is 374 g/mol. The highest BCUT2D eigenvalue weighted by Gasteiger charge is 2.20. The second-order valence-electron chi connectivity index (χ2n) is 7.08. The SMILES string of the molecule is CCCNC(=O)C[NH+](C)CC(=O)c1cc(C)n(Cc2ccc(F)cc2)c1C. The summed E-state index contributed by atoms with van der Waals surface area (Å²) in [6.07, 6.45) is 0.893. The van der Waals surface area contributed by atoms with Gasteiger partial charge in [0.25, 0.3) is 5.91 Å². The summed E-state index contributed by atoms with van der Waals surface area (Å²) >= 11 is 0. The van der Waals surface area contributed by atoms with Crippen LogP contribution < -0.4 is 10.2 Å². The molecule has 0 saturated carbocycles. The van der Waals surface area contributed by atoms with Gasteiger partial charge in [0.1, 0.15) is 12.4 Å². The summed E-state index contributed by atoms with van der Waals surface area (Å²) in [6.45, 7) is 7.68. The van der Waals surface area contributed by atoms with Crippen molar-refractivity contribution >= 4 is 11.7 Å². The summed E-state index contributed by atoms with van der Waals surface area (Å²) in [5.74, 6) is -0.275. The van der Waals surface area contributed by atoms with Gasteiger partial charge < -0.3 is 14.8 Å². The Morgan fingerprint density at radius 2 is 1.81 bits per heavy atom. The van der Waals surface area contributed by atoms with Crippen molar-refractivity contribution in [2.75, 3.05) is 26.7 Å². The van der Waals surface area contributed by atoms with Crippen molar-refractivity contribution in [2.45, 2.75) is 33.7 Å². The first-order valence-corrected chi connectivity index (χ1v) is 9.34. The molecule has 5 nitrogen and oxygen atoms in total. The van der Waals surface area contributed by atoms with Gasteiger partial charge in [-0.05, 0) is 44.0 Å². The third-order valence-corrected chi connectivity index (χ3v) is 4.62. The zero-order chi connectivity index (χ0) is 20.0. The number of Topliss-reactive ketones (excluding diaryl/α,β-unsaturated/α-hetero) is 1. The minimum absolute atomic E-state index is 0.0225. The van der Waals surface area contributed by atoms with Crippen molar-refractivity contribution in [3.8, 4) is 0 Å². The van der Waals surface area contributed by atoms with Crippen LogP contribution in [0.5, 0.6) is 0 Å². The number of carbonyl (C=O) groups excluding carboxylic acids is 2. The molecule has 2 aromatic rings. The van der Waals surface area contributed by atoms with Crippen LogP contribution in [-0.4, -0.2) is 42.9 Å². The van der Waals surface area contributed by atoms with Gasteiger partial charge in [-0.2, -0.15) is 0 Å². The maximum atomic E-state index is 13.1. The Kier molecular flexibility index (Phi) is 7.30. The molecule has 0 aliphatic rings. The van der Waals surface area contributed by atoms with Crippen LogP contribution in [0.1, 0.15) is 40.7 Å². The smallest absolute Gasteiger partial charge is 0.275 e. The number of nitrogens with zero attached hydrogens (tertiary/aromatic N) is 1. The van der Waals surface area contributed by atoms with Crippen molar-refractivity contribution in [3.05, 3.63) is 58.7 Å². The molecule has 0 radical (unpaired) electrons. The van der Waals surface area contributed by atoms with E-state index in [0.29, 0.717) is 18.7 Å². The van der Waals surface area contributed by atoms with E-state index in [-0.39, 0.29) is 30.6 Å². The molecule has 27 heavy (non-hydrogen) atoms. The normalized spacial score (nSPS) is 12.0. The van der Waals surface area contributed by atoms with E-state index in [4.69, 9.17) is 0 Å². The Morgan fingerprint density at radius 3 is 2.44 bits per heavy atom. The fourth-order valence-corrected chi connectivity index (χ4v) is 3.13. The molecule has 2 N–H and O–H groups in total. The molecule has 2 rings (SSSR count). The summed E-state index contributed by atoms with van der Waals surface area (Å²) in [5.41, 5.74) is 3.54. The average Bonchev–Trinajstić information content (AvgIpc) is 2.90. The van der Waals surface area contributed by atoms with E-state index in [1.54, 1.807) is 12.1 Å². The molecule has 0 aliphatic carbocycles. The Labute approximate surface area is 160 Å². The first-order valence-electron chi connectivity index (χ1n) is 9.34. The second kappa shape index (κ2) is 9.46. The van der Waals surface area contributed by atoms with Crippen LogP contribution in [0.15, 0.2) is 30.3 Å². The molecule has 0 aliphatic heterocycles. The summed E-state index contributed by atoms with van der Waals surface area (Å²) in [5, 5.41) is 2.83. The van der Waals surface area contributed by atoms with Crippen molar-refractivity contribution in [1.82, 2.24) is 9.88 Å². The van der Waals surface area contributed by atoms with Gasteiger partial charge in [0.2, 0.25) is 5.78 Å². The Morgan fingerprint density at radius 1 is 1.15 bits per heavy atom. The third kappa shape index (κ3) is 5.76. The Hall–Kier alpha value is -2.47. The van der Waals surface area contributed by atoms with Crippen molar-refractivity contribution < 1.29 is 18.9 Å². The van der Waals surface area contributed by atoms with Crippen LogP contribution in [0.25, 0.3) is 0 Å². The van der Waals surface area contributed by atoms with E-state index >= 15 is 0 Å². The van der Waals surface area contributed by atoms with Crippen molar-refractivity contribution in [2.24, 2.45) is 0 Å². The molecule has 0 fully saturated rings. The number of aromatic nitrogens is 1. The molecule has 1 aromatic carbocycles. The van der Waals surface area contributed by atoms with E-state index in [2.05, 4.69) is 9.88 Å². The number of halogens is 1. The molecular weight excluding hydrogens is 345 g/mol. The lowest BCUT2D eigenvalue weighted by Gasteiger charge is -2.13. The largest absolute Gasteiger partial charge is 0.351 e. The number of quaternary nitrogens is 1. The predicted octanol–water partition coefficient (Wildman–Crippen LogP) is 1.52. The first-order chi connectivity index (χ1) is 12.8. The predicted molar refractivity (Wildman–Crippen MR) is 104 cm³/mol. The number of likely N-dealkylation sites (N-methyl/N-ethyl adjacent to an activating group) is 1. The van der Waals surface area contributed by atoms with E-state index in [1.165, 1.54) is 12.1 Å². The van der Waals surface area contributed by atoms with Crippen molar-refractivity contribution in [1.29, 1.82) is 0 Å². The highest BCUT2D eigenvalue weighted by molar-refractivity contribution is 5.98. The highest BCUT2D eigenvalue weighted by Crippen LogP contribution is 2.17. The topological polar surface area (TPSA) is 55.5 Å². The minimum Gasteiger partial charge on any atom is -0.351 e. The zero-order valence-electron chi connectivity index (χ0n) is 16.6. The van der Waals surface area contributed by atoms with Crippen molar-refractivity contribution in [3.63, 3.8) is 0 Å². The third-order valence-electron chi connectivity index (χ3n) is 4.62. The molecule has 146 valence electrons. The molecular formula is C21H29FN3O2+. The van der Waals surface area contributed by atoms with Crippen LogP contribution in [0.2, 0.25) is 0 Å². The van der Waals surface area contributed by atoms with Gasteiger partial charge in [-0.15, -0.1) is 0 Å². The molecule has 1 unspecified atom stereocenters. The maximum absolute atomic E-state index is 13.1. The van der Waals surface area contributed by atoms with Gasteiger partial charge >= 0.3 is 0 Å². The van der Waals surface area contributed by atoms with Gasteiger partial charge in [-0.25, -0.2) is 4.39 Å². The number of hydrogen-bond acceptors (Lipinski definition) is 2. The van der Waals surface area contributed by atoms with Crippen LogP contribution in [0, 0.1) is 19.7 Å². The van der Waals surface area contributed by atoms with Gasteiger partial charge in [-0.3, -0.25) is 9.59 Å². The molecule has 0 saturated heterocycles. The molecule has 1 heterocycles. The molecule has 0 bridgehead atoms. The number of carbonyl (C=O) groups is 2. The van der Waals surface area contributed by atoms with E-state index < -0.39 is 0 Å². The minimum atomic E-state index is -0.260. The number of benzene rings is 1. The number of ketones is 1. The summed E-state index contributed by atoms with van der Waals surface area (Å²) in [6, 6.07) is 8.28. The average molecular weight is 374 g/mol. The zero-order valence-corrected chi connectivity index (χ0v) is 16.6. The van der Waals surface area contributed by atoms with Crippen LogP contribution in [-0.2, 0) is 11.3 Å². The highest BCUT2D eigenvalue weighted by atomic mass is 19.1. The fourth-order valence-electron chi connectivity index (χ4n) is 3.13. The van der Waals surface area contributed by atoms with Gasteiger partial charge in [-0.1, -0.05) is 19.1 Å². The lowest BCUT2D eigenvalue weighted by molar-refractivity contribution is -0.862. The molecule has 1 atom stereocenters. The van der Waals surface area contributed by atoms with Crippen LogP contribution in [0.3, 0.4) is 0 Å². The number of hydrogen-bond donors (Lipinski definition) is 2. The summed E-state index contributed by atoms with van der Waals surface area (Å²) in [4.78, 5) is 25.4. The van der Waals surface area contributed by atoms with E-state index in [9.17, 15) is 14.0 Å². The second-order valence-corrected chi connectivity index (χ2v) is 7.08. The quantitative estimate of drug-likeness (QED) is 0.654. The Bertz CT molecular complexity index is 797. The van der Waals surface area contributed by atoms with Crippen LogP contribution in [0.4, 0.5) is 4.39 Å². The van der Waals surface area contributed by atoms with Crippen LogP contribution >= 0.6 is 0 Å². The van der Waals surface area contributed by atoms with Gasteiger partial charge in [0, 0.05) is 30.0 Å². The standard InChI is InChI=1S/C21H28FN3O2/c1-5-10-23-21(27)14-24(4)13-20(26)19-11-15(2)25(16(19)3)12-17-6-8-18(22)9-7-17/h6-9,11H,5,10,12-14H2,1-4H3,(H,23,27)/p+1. The molecule has 1 amide bonds. The summed E-state index contributed by atoms with van der Waals surface area (Å²) < 4.78 is 15.2. The lowest BCUT2D eigenvalue weighted by atomic mass is 10.1. The number of nitrogens with one attached hydrogen (secondary N) is 2. The van der Waals surface area contributed by atoms with E-state index in [1.807, 2.05) is 33.9 Å².